The summed E-state index contributed by atoms with van der Waals surface area (Å²) in [7, 11) is 0. The Morgan fingerprint density at radius 1 is 1.35 bits per heavy atom. The minimum atomic E-state index is -0.473. The summed E-state index contributed by atoms with van der Waals surface area (Å²) >= 11 is 6.04. The highest BCUT2D eigenvalue weighted by atomic mass is 35.5. The van der Waals surface area contributed by atoms with E-state index in [-0.39, 0.29) is 11.5 Å². The second-order valence-electron chi connectivity index (χ2n) is 4.28. The number of amidine groups is 2. The van der Waals surface area contributed by atoms with Crippen molar-refractivity contribution in [2.24, 2.45) is 4.99 Å². The van der Waals surface area contributed by atoms with E-state index in [1.807, 2.05) is 0 Å². The van der Waals surface area contributed by atoms with Crippen LogP contribution >= 0.6 is 11.6 Å². The number of aliphatic imine (C=N–C) groups is 1. The van der Waals surface area contributed by atoms with Gasteiger partial charge in [-0.15, -0.1) is 0 Å². The number of aromatic nitrogens is 2. The van der Waals surface area contributed by atoms with Crippen LogP contribution in [-0.4, -0.2) is 21.6 Å². The zero-order valence-electron chi connectivity index (χ0n) is 12.0. The topological polar surface area (TPSA) is 74.0 Å². The smallest absolute Gasteiger partial charge is 0.172 e. The van der Waals surface area contributed by atoms with Gasteiger partial charge in [0.1, 0.15) is 17.3 Å². The van der Waals surface area contributed by atoms with Gasteiger partial charge in [0.25, 0.3) is 0 Å². The Hall–Kier alpha value is -2.86. The number of hydrogen-bond acceptors (Lipinski definition) is 3. The predicted molar refractivity (Wildman–Crippen MR) is 90.7 cm³/mol. The number of allylic oxidation sites excluding steroid dienone is 2. The summed E-state index contributed by atoms with van der Waals surface area (Å²) in [5.41, 5.74) is 0.840. The zero-order chi connectivity index (χ0) is 16.7. The number of pyridine rings is 2. The molecule has 0 aliphatic carbocycles. The van der Waals surface area contributed by atoms with E-state index in [0.717, 1.165) is 6.20 Å². The second-order valence-corrected chi connectivity index (χ2v) is 4.69. The first-order valence-electron chi connectivity index (χ1n) is 6.55. The first kappa shape index (κ1) is 16.5. The maximum absolute atomic E-state index is 12.9. The fourth-order valence-electron chi connectivity index (χ4n) is 1.57. The number of anilines is 1. The first-order valence-corrected chi connectivity index (χ1v) is 6.92. The highest BCUT2D eigenvalue weighted by Gasteiger charge is 2.06. The molecule has 0 aromatic carbocycles. The Kier molecular flexibility index (Phi) is 5.71. The number of nitrogens with zero attached hydrogens (tertiary/aromatic N) is 3. The van der Waals surface area contributed by atoms with Crippen LogP contribution < -0.4 is 5.32 Å². The monoisotopic (exact) mass is 329 g/mol. The summed E-state index contributed by atoms with van der Waals surface area (Å²) in [4.78, 5) is 11.9. The van der Waals surface area contributed by atoms with Gasteiger partial charge in [-0.3, -0.25) is 10.4 Å². The average molecular weight is 330 g/mol. The van der Waals surface area contributed by atoms with Crippen molar-refractivity contribution >= 4 is 29.0 Å². The Balaban J connectivity index is 2.28. The van der Waals surface area contributed by atoms with Gasteiger partial charge in [-0.25, -0.2) is 14.4 Å². The van der Waals surface area contributed by atoms with Crippen LogP contribution in [0.3, 0.4) is 0 Å². The lowest BCUT2D eigenvalue weighted by molar-refractivity contribution is 0.621. The van der Waals surface area contributed by atoms with Gasteiger partial charge >= 0.3 is 0 Å². The molecule has 0 atom stereocenters. The molecule has 2 N–H and O–H groups in total. The van der Waals surface area contributed by atoms with Gasteiger partial charge in [0.15, 0.2) is 5.84 Å². The number of hydrogen-bond donors (Lipinski definition) is 2. The van der Waals surface area contributed by atoms with E-state index in [4.69, 9.17) is 17.0 Å². The molecule has 2 rings (SSSR count). The van der Waals surface area contributed by atoms with Crippen LogP contribution in [-0.2, 0) is 0 Å². The molecular formula is C16H13ClFN5. The van der Waals surface area contributed by atoms with Crippen LogP contribution in [0, 0.1) is 11.2 Å². The van der Waals surface area contributed by atoms with Crippen molar-refractivity contribution in [3.8, 4) is 0 Å². The van der Waals surface area contributed by atoms with Crippen molar-refractivity contribution in [2.45, 2.75) is 0 Å². The molecule has 0 bridgehead atoms. The zero-order valence-corrected chi connectivity index (χ0v) is 12.8. The van der Waals surface area contributed by atoms with Crippen LogP contribution in [0.4, 0.5) is 10.1 Å². The van der Waals surface area contributed by atoms with E-state index < -0.39 is 5.82 Å². The largest absolute Gasteiger partial charge is 0.339 e. The fourth-order valence-corrected chi connectivity index (χ4v) is 1.74. The number of nitrogens with one attached hydrogen (secondary N) is 2. The molecule has 116 valence electrons. The van der Waals surface area contributed by atoms with Crippen LogP contribution in [0.2, 0.25) is 5.02 Å². The van der Waals surface area contributed by atoms with E-state index in [9.17, 15) is 4.39 Å². The lowest BCUT2D eigenvalue weighted by atomic mass is 10.3. The van der Waals surface area contributed by atoms with Gasteiger partial charge in [0.05, 0.1) is 16.9 Å². The van der Waals surface area contributed by atoms with E-state index >= 15 is 0 Å². The molecule has 0 saturated carbocycles. The Morgan fingerprint density at radius 2 is 2.17 bits per heavy atom. The van der Waals surface area contributed by atoms with Crippen LogP contribution in [0.5, 0.6) is 0 Å². The molecule has 2 aromatic rings. The molecule has 2 aromatic heterocycles. The number of rotatable bonds is 4. The second kappa shape index (κ2) is 7.95. The van der Waals surface area contributed by atoms with Crippen molar-refractivity contribution in [1.82, 2.24) is 9.97 Å². The summed E-state index contributed by atoms with van der Waals surface area (Å²) < 4.78 is 12.9. The van der Waals surface area contributed by atoms with Gasteiger partial charge in [-0.05, 0) is 24.3 Å². The quantitative estimate of drug-likeness (QED) is 0.508. The van der Waals surface area contributed by atoms with Crippen molar-refractivity contribution in [1.29, 1.82) is 5.41 Å². The normalized spacial score (nSPS) is 11.5. The van der Waals surface area contributed by atoms with Crippen molar-refractivity contribution in [3.63, 3.8) is 0 Å². The van der Waals surface area contributed by atoms with Crippen LogP contribution in [0.25, 0.3) is 0 Å². The van der Waals surface area contributed by atoms with Crippen LogP contribution in [0.15, 0.2) is 66.6 Å². The molecule has 0 fully saturated rings. The molecule has 0 aliphatic rings. The van der Waals surface area contributed by atoms with E-state index in [0.29, 0.717) is 16.5 Å². The van der Waals surface area contributed by atoms with E-state index in [1.54, 1.807) is 30.5 Å². The lowest BCUT2D eigenvalue weighted by Crippen LogP contribution is -2.13. The van der Waals surface area contributed by atoms with Crippen molar-refractivity contribution in [2.75, 3.05) is 5.32 Å². The first-order chi connectivity index (χ1) is 11.1. The molecule has 5 nitrogen and oxygen atoms in total. The van der Waals surface area contributed by atoms with Crippen molar-refractivity contribution in [3.05, 3.63) is 78.1 Å². The molecule has 7 heteroatoms. The molecule has 0 amide bonds. The third-order valence-corrected chi connectivity index (χ3v) is 2.93. The molecule has 0 spiro atoms. The average Bonchev–Trinajstić information content (AvgIpc) is 2.55. The van der Waals surface area contributed by atoms with Crippen LogP contribution in [0.1, 0.15) is 5.69 Å². The summed E-state index contributed by atoms with van der Waals surface area (Å²) in [5.74, 6) is -0.237. The van der Waals surface area contributed by atoms with Gasteiger partial charge in [-0.1, -0.05) is 30.3 Å². The van der Waals surface area contributed by atoms with Gasteiger partial charge < -0.3 is 5.32 Å². The fraction of sp³-hybridized carbons (Fsp3) is 0. The third kappa shape index (κ3) is 4.82. The van der Waals surface area contributed by atoms with Gasteiger partial charge in [0, 0.05) is 12.4 Å². The number of halogens is 2. The lowest BCUT2D eigenvalue weighted by Gasteiger charge is -2.08. The third-order valence-electron chi connectivity index (χ3n) is 2.63. The molecule has 0 unspecified atom stereocenters. The Bertz CT molecular complexity index is 768. The SMILES string of the molecule is C=C/C=C/C(=N\C(=N)c1ccc(F)cn1)Nc1ccncc1Cl. The predicted octanol–water partition coefficient (Wildman–Crippen LogP) is 3.85. The highest BCUT2D eigenvalue weighted by molar-refractivity contribution is 6.33. The molecule has 0 radical (unpaired) electrons. The molecule has 0 saturated heterocycles. The van der Waals surface area contributed by atoms with Crippen molar-refractivity contribution < 1.29 is 4.39 Å². The summed E-state index contributed by atoms with van der Waals surface area (Å²) in [6.07, 6.45) is 8.96. The van der Waals surface area contributed by atoms with Gasteiger partial charge in [0.2, 0.25) is 0 Å². The summed E-state index contributed by atoms with van der Waals surface area (Å²) in [5, 5.41) is 11.4. The molecule has 0 aliphatic heterocycles. The molecule has 23 heavy (non-hydrogen) atoms. The van der Waals surface area contributed by atoms with Gasteiger partial charge in [-0.2, -0.15) is 0 Å². The minimum absolute atomic E-state index is 0.119. The standard InChI is InChI=1S/C16H13ClFN5/c1-2-3-4-15(22-13-7-8-20-10-12(13)17)23-16(19)14-6-5-11(18)9-21-14/h2-10H,1H2,(H2,19,20,22,23)/b4-3+. The highest BCUT2D eigenvalue weighted by Crippen LogP contribution is 2.19. The maximum Gasteiger partial charge on any atom is 0.172 e. The Morgan fingerprint density at radius 3 is 2.83 bits per heavy atom. The van der Waals surface area contributed by atoms with E-state index in [1.165, 1.54) is 18.3 Å². The maximum atomic E-state index is 12.9. The Labute approximate surface area is 137 Å². The van der Waals surface area contributed by atoms with E-state index in [2.05, 4.69) is 26.9 Å². The summed E-state index contributed by atoms with van der Waals surface area (Å²) in [6, 6.07) is 4.29. The minimum Gasteiger partial charge on any atom is -0.339 e. The molecular weight excluding hydrogens is 317 g/mol. The summed E-state index contributed by atoms with van der Waals surface area (Å²) in [6.45, 7) is 3.59. The molecule has 2 heterocycles.